The molecular weight excluding hydrogens is 278 g/mol. The van der Waals surface area contributed by atoms with E-state index >= 15 is 0 Å². The molecule has 1 amide bonds. The average Bonchev–Trinajstić information content (AvgIpc) is 2.38. The number of aliphatic hydroxyl groups is 1. The molecule has 6 nitrogen and oxygen atoms in total. The van der Waals surface area contributed by atoms with Gasteiger partial charge in [0.1, 0.15) is 0 Å². The van der Waals surface area contributed by atoms with Gasteiger partial charge in [-0.25, -0.2) is 0 Å². The quantitative estimate of drug-likeness (QED) is 0.567. The van der Waals surface area contributed by atoms with E-state index in [-0.39, 0.29) is 18.9 Å². The summed E-state index contributed by atoms with van der Waals surface area (Å²) >= 11 is 0. The SMILES string of the molecule is CCC[Si](OCC)(OCC)OCC.NC(=O)CCCO. The average molecular weight is 309 g/mol. The minimum atomic E-state index is -2.30. The van der Waals surface area contributed by atoms with Crippen LogP contribution in [0.25, 0.3) is 0 Å². The van der Waals surface area contributed by atoms with Gasteiger partial charge in [-0.3, -0.25) is 4.79 Å². The summed E-state index contributed by atoms with van der Waals surface area (Å²) < 4.78 is 16.9. The summed E-state index contributed by atoms with van der Waals surface area (Å²) in [5.74, 6) is -0.353. The molecular formula is C13H31NO5Si. The predicted octanol–water partition coefficient (Wildman–Crippen LogP) is 1.69. The molecule has 20 heavy (non-hydrogen) atoms. The van der Waals surface area contributed by atoms with Crippen LogP contribution in [0.1, 0.15) is 47.0 Å². The van der Waals surface area contributed by atoms with Crippen LogP contribution in [-0.4, -0.2) is 46.2 Å². The Labute approximate surface area is 124 Å². The molecule has 122 valence electrons. The monoisotopic (exact) mass is 309 g/mol. The second kappa shape index (κ2) is 14.9. The van der Waals surface area contributed by atoms with Gasteiger partial charge >= 0.3 is 8.80 Å². The lowest BCUT2D eigenvalue weighted by Gasteiger charge is -2.27. The highest BCUT2D eigenvalue weighted by atomic mass is 28.4. The van der Waals surface area contributed by atoms with Crippen LogP contribution in [0.4, 0.5) is 0 Å². The zero-order valence-electron chi connectivity index (χ0n) is 13.3. The molecule has 3 N–H and O–H groups in total. The molecule has 0 aliphatic carbocycles. The van der Waals surface area contributed by atoms with E-state index < -0.39 is 8.80 Å². The molecule has 0 atom stereocenters. The van der Waals surface area contributed by atoms with E-state index in [2.05, 4.69) is 6.92 Å². The van der Waals surface area contributed by atoms with Gasteiger partial charge in [0.05, 0.1) is 0 Å². The molecule has 0 aliphatic heterocycles. The summed E-state index contributed by atoms with van der Waals surface area (Å²) in [6, 6.07) is 0.919. The van der Waals surface area contributed by atoms with Crippen molar-refractivity contribution in [3.05, 3.63) is 0 Å². The maximum absolute atomic E-state index is 9.87. The summed E-state index contributed by atoms with van der Waals surface area (Å²) in [5.41, 5.74) is 4.73. The lowest BCUT2D eigenvalue weighted by atomic mass is 10.3. The molecule has 0 aliphatic rings. The molecule has 0 aromatic carbocycles. The molecule has 0 unspecified atom stereocenters. The number of nitrogens with two attached hydrogens (primary N) is 1. The third kappa shape index (κ3) is 12.6. The highest BCUT2D eigenvalue weighted by Gasteiger charge is 2.38. The van der Waals surface area contributed by atoms with Crippen LogP contribution in [0.3, 0.4) is 0 Å². The summed E-state index contributed by atoms with van der Waals surface area (Å²) in [7, 11) is -2.30. The maximum atomic E-state index is 9.87. The van der Waals surface area contributed by atoms with E-state index in [0.29, 0.717) is 26.2 Å². The fourth-order valence-corrected chi connectivity index (χ4v) is 4.18. The van der Waals surface area contributed by atoms with E-state index in [1.165, 1.54) is 0 Å². The molecule has 7 heteroatoms. The maximum Gasteiger partial charge on any atom is 0.500 e. The Hall–Kier alpha value is -0.473. The van der Waals surface area contributed by atoms with Crippen LogP contribution in [0.5, 0.6) is 0 Å². The van der Waals surface area contributed by atoms with Crippen LogP contribution in [0.15, 0.2) is 0 Å². The van der Waals surface area contributed by atoms with Gasteiger partial charge in [-0.2, -0.15) is 0 Å². The van der Waals surface area contributed by atoms with Crippen molar-refractivity contribution in [3.8, 4) is 0 Å². The summed E-state index contributed by atoms with van der Waals surface area (Å²) in [5, 5.41) is 8.11. The number of hydrogen-bond donors (Lipinski definition) is 2. The number of amides is 1. The second-order valence-electron chi connectivity index (χ2n) is 4.03. The Bertz CT molecular complexity index is 199. The Balaban J connectivity index is 0. The lowest BCUT2D eigenvalue weighted by molar-refractivity contribution is -0.118. The van der Waals surface area contributed by atoms with Gasteiger partial charge in [-0.1, -0.05) is 13.3 Å². The van der Waals surface area contributed by atoms with E-state index in [4.69, 9.17) is 24.1 Å². The zero-order chi connectivity index (χ0) is 15.9. The second-order valence-corrected chi connectivity index (χ2v) is 6.76. The first-order valence-corrected chi connectivity index (χ1v) is 9.25. The minimum Gasteiger partial charge on any atom is -0.396 e. The van der Waals surface area contributed by atoms with Crippen molar-refractivity contribution in [3.63, 3.8) is 0 Å². The van der Waals surface area contributed by atoms with Crippen molar-refractivity contribution in [2.75, 3.05) is 26.4 Å². The molecule has 0 bridgehead atoms. The summed E-state index contributed by atoms with van der Waals surface area (Å²) in [6.07, 6.45) is 1.82. The van der Waals surface area contributed by atoms with Crippen LogP contribution in [-0.2, 0) is 18.1 Å². The first kappa shape index (κ1) is 21.8. The number of carbonyl (C=O) groups is 1. The third-order valence-corrected chi connectivity index (χ3v) is 5.53. The predicted molar refractivity (Wildman–Crippen MR) is 81.2 cm³/mol. The Morgan fingerprint density at radius 2 is 1.50 bits per heavy atom. The molecule has 0 saturated carbocycles. The Morgan fingerprint density at radius 3 is 1.70 bits per heavy atom. The van der Waals surface area contributed by atoms with Gasteiger partial charge in [0.2, 0.25) is 5.91 Å². The molecule has 0 spiro atoms. The van der Waals surface area contributed by atoms with E-state index in [1.807, 2.05) is 20.8 Å². The highest BCUT2D eigenvalue weighted by molar-refractivity contribution is 6.60. The van der Waals surface area contributed by atoms with Crippen molar-refractivity contribution in [2.45, 2.75) is 53.0 Å². The third-order valence-electron chi connectivity index (χ3n) is 2.23. The van der Waals surface area contributed by atoms with Crippen LogP contribution < -0.4 is 5.73 Å². The van der Waals surface area contributed by atoms with Crippen molar-refractivity contribution in [1.82, 2.24) is 0 Å². The summed E-state index contributed by atoms with van der Waals surface area (Å²) in [4.78, 5) is 9.87. The Kier molecular flexibility index (Phi) is 16.3. The van der Waals surface area contributed by atoms with Crippen molar-refractivity contribution in [1.29, 1.82) is 0 Å². The van der Waals surface area contributed by atoms with E-state index in [1.54, 1.807) is 0 Å². The fraction of sp³-hybridized carbons (Fsp3) is 0.923. The molecule has 0 fully saturated rings. The number of primary amides is 1. The van der Waals surface area contributed by atoms with Gasteiger partial charge in [0.15, 0.2) is 0 Å². The van der Waals surface area contributed by atoms with Crippen molar-refractivity contribution in [2.24, 2.45) is 5.73 Å². The number of hydrogen-bond acceptors (Lipinski definition) is 5. The molecule has 0 saturated heterocycles. The minimum absolute atomic E-state index is 0.0446. The smallest absolute Gasteiger partial charge is 0.396 e. The van der Waals surface area contributed by atoms with Gasteiger partial charge in [0.25, 0.3) is 0 Å². The van der Waals surface area contributed by atoms with Crippen LogP contribution in [0.2, 0.25) is 6.04 Å². The van der Waals surface area contributed by atoms with Crippen molar-refractivity contribution >= 4 is 14.7 Å². The van der Waals surface area contributed by atoms with Gasteiger partial charge in [-0.05, 0) is 27.2 Å². The highest BCUT2D eigenvalue weighted by Crippen LogP contribution is 2.17. The molecule has 0 rings (SSSR count). The first-order chi connectivity index (χ1) is 9.51. The largest absolute Gasteiger partial charge is 0.500 e. The number of rotatable bonds is 11. The standard InChI is InChI=1S/C9H22O3Si.C4H9NO2/c1-5-9-13(10-6-2,11-7-3)12-8-4;5-4(7)2-1-3-6/h5-9H2,1-4H3;6H,1-3H2,(H2,5,7). The van der Waals surface area contributed by atoms with Crippen molar-refractivity contribution < 1.29 is 23.2 Å². The van der Waals surface area contributed by atoms with Gasteiger partial charge in [0, 0.05) is 38.9 Å². The molecule has 0 heterocycles. The van der Waals surface area contributed by atoms with Crippen LogP contribution in [0, 0.1) is 0 Å². The normalized spacial score (nSPS) is 10.8. The van der Waals surface area contributed by atoms with E-state index in [0.717, 1.165) is 12.5 Å². The van der Waals surface area contributed by atoms with Crippen LogP contribution >= 0.6 is 0 Å². The topological polar surface area (TPSA) is 91.0 Å². The van der Waals surface area contributed by atoms with E-state index in [9.17, 15) is 4.79 Å². The fourth-order valence-electron chi connectivity index (χ4n) is 1.56. The zero-order valence-corrected chi connectivity index (χ0v) is 14.3. The lowest BCUT2D eigenvalue weighted by Crippen LogP contribution is -2.45. The number of aliphatic hydroxyl groups excluding tert-OH is 1. The van der Waals surface area contributed by atoms with Gasteiger partial charge < -0.3 is 24.1 Å². The molecule has 0 aromatic rings. The first-order valence-electron chi connectivity index (χ1n) is 7.32. The summed E-state index contributed by atoms with van der Waals surface area (Å²) in [6.45, 7) is 10.1. The molecule has 0 aromatic heterocycles. The Morgan fingerprint density at radius 1 is 1.05 bits per heavy atom. The number of carbonyl (C=O) groups excluding carboxylic acids is 1. The molecule has 0 radical (unpaired) electrons. The van der Waals surface area contributed by atoms with Gasteiger partial charge in [-0.15, -0.1) is 0 Å².